The van der Waals surface area contributed by atoms with Gasteiger partial charge < -0.3 is 10.2 Å². The normalized spacial score (nSPS) is 17.2. The standard InChI is InChI=1S/C16H34N2/c1-4-18(16-10-6-7-11-16)13-9-5-8-12-17-14-15(2)3/h15-17H,4-14H2,1-3H3. The van der Waals surface area contributed by atoms with E-state index >= 15 is 0 Å². The van der Waals surface area contributed by atoms with Gasteiger partial charge in [0.05, 0.1) is 0 Å². The molecule has 0 aromatic heterocycles. The van der Waals surface area contributed by atoms with Crippen LogP contribution in [-0.4, -0.2) is 37.1 Å². The minimum Gasteiger partial charge on any atom is -0.316 e. The van der Waals surface area contributed by atoms with Crippen molar-refractivity contribution >= 4 is 0 Å². The molecule has 0 aliphatic heterocycles. The molecule has 0 aromatic rings. The summed E-state index contributed by atoms with van der Waals surface area (Å²) >= 11 is 0. The van der Waals surface area contributed by atoms with Crippen LogP contribution in [0.25, 0.3) is 0 Å². The van der Waals surface area contributed by atoms with Crippen LogP contribution in [0, 0.1) is 5.92 Å². The fourth-order valence-electron chi connectivity index (χ4n) is 3.00. The summed E-state index contributed by atoms with van der Waals surface area (Å²) in [6.45, 7) is 11.8. The molecule has 108 valence electrons. The monoisotopic (exact) mass is 254 g/mol. The fourth-order valence-corrected chi connectivity index (χ4v) is 3.00. The minimum atomic E-state index is 0.781. The van der Waals surface area contributed by atoms with Crippen molar-refractivity contribution in [2.24, 2.45) is 5.92 Å². The van der Waals surface area contributed by atoms with Crippen LogP contribution in [0.5, 0.6) is 0 Å². The largest absolute Gasteiger partial charge is 0.316 e. The molecule has 0 saturated heterocycles. The van der Waals surface area contributed by atoms with Crippen molar-refractivity contribution in [3.8, 4) is 0 Å². The third-order valence-electron chi connectivity index (χ3n) is 4.10. The topological polar surface area (TPSA) is 15.3 Å². The molecule has 0 aromatic carbocycles. The summed E-state index contributed by atoms with van der Waals surface area (Å²) in [5.41, 5.74) is 0. The molecule has 18 heavy (non-hydrogen) atoms. The van der Waals surface area contributed by atoms with E-state index in [1.807, 2.05) is 0 Å². The summed E-state index contributed by atoms with van der Waals surface area (Å²) in [5, 5.41) is 3.53. The van der Waals surface area contributed by atoms with Gasteiger partial charge in [0, 0.05) is 6.04 Å². The number of unbranched alkanes of at least 4 members (excludes halogenated alkanes) is 2. The molecule has 0 radical (unpaired) electrons. The summed E-state index contributed by atoms with van der Waals surface area (Å²) < 4.78 is 0. The highest BCUT2D eigenvalue weighted by Crippen LogP contribution is 2.23. The summed E-state index contributed by atoms with van der Waals surface area (Å²) in [6.07, 6.45) is 9.92. The van der Waals surface area contributed by atoms with Gasteiger partial charge in [-0.15, -0.1) is 0 Å². The lowest BCUT2D eigenvalue weighted by Gasteiger charge is -2.27. The first-order valence-corrected chi connectivity index (χ1v) is 8.18. The van der Waals surface area contributed by atoms with Gasteiger partial charge in [-0.1, -0.05) is 40.0 Å². The first kappa shape index (κ1) is 16.0. The number of nitrogens with one attached hydrogen (secondary N) is 1. The predicted molar refractivity (Wildman–Crippen MR) is 81.1 cm³/mol. The van der Waals surface area contributed by atoms with E-state index in [1.54, 1.807) is 0 Å². The lowest BCUT2D eigenvalue weighted by Crippen LogP contribution is -2.33. The minimum absolute atomic E-state index is 0.781. The first-order valence-electron chi connectivity index (χ1n) is 8.18. The molecule has 1 N–H and O–H groups in total. The zero-order valence-corrected chi connectivity index (χ0v) is 12.9. The van der Waals surface area contributed by atoms with E-state index < -0.39 is 0 Å². The van der Waals surface area contributed by atoms with Gasteiger partial charge >= 0.3 is 0 Å². The molecular formula is C16H34N2. The third kappa shape index (κ3) is 6.75. The number of hydrogen-bond donors (Lipinski definition) is 1. The first-order chi connectivity index (χ1) is 8.74. The summed E-state index contributed by atoms with van der Waals surface area (Å²) in [7, 11) is 0. The van der Waals surface area contributed by atoms with Crippen LogP contribution in [0.15, 0.2) is 0 Å². The van der Waals surface area contributed by atoms with Gasteiger partial charge in [-0.25, -0.2) is 0 Å². The van der Waals surface area contributed by atoms with Crippen molar-refractivity contribution in [3.05, 3.63) is 0 Å². The summed E-state index contributed by atoms with van der Waals surface area (Å²) in [6, 6.07) is 0.911. The van der Waals surface area contributed by atoms with Gasteiger partial charge in [-0.2, -0.15) is 0 Å². The van der Waals surface area contributed by atoms with E-state index in [0.717, 1.165) is 12.0 Å². The molecule has 0 heterocycles. The Bertz CT molecular complexity index is 186. The highest BCUT2D eigenvalue weighted by Gasteiger charge is 2.20. The Labute approximate surface area is 115 Å². The summed E-state index contributed by atoms with van der Waals surface area (Å²) in [4.78, 5) is 2.72. The van der Waals surface area contributed by atoms with Gasteiger partial charge in [-0.3, -0.25) is 0 Å². The number of hydrogen-bond acceptors (Lipinski definition) is 2. The van der Waals surface area contributed by atoms with Crippen molar-refractivity contribution in [3.63, 3.8) is 0 Å². The molecule has 2 nitrogen and oxygen atoms in total. The van der Waals surface area contributed by atoms with Gasteiger partial charge in [0.25, 0.3) is 0 Å². The second kappa shape index (κ2) is 9.80. The Morgan fingerprint density at radius 1 is 1.11 bits per heavy atom. The quantitative estimate of drug-likeness (QED) is 0.598. The van der Waals surface area contributed by atoms with Crippen molar-refractivity contribution in [1.82, 2.24) is 10.2 Å². The number of rotatable bonds is 10. The molecule has 1 fully saturated rings. The molecule has 2 heteroatoms. The molecule has 1 aliphatic rings. The smallest absolute Gasteiger partial charge is 0.00951 e. The Morgan fingerprint density at radius 2 is 1.83 bits per heavy atom. The third-order valence-corrected chi connectivity index (χ3v) is 4.10. The van der Waals surface area contributed by atoms with Gasteiger partial charge in [0.1, 0.15) is 0 Å². The van der Waals surface area contributed by atoms with Crippen molar-refractivity contribution in [1.29, 1.82) is 0 Å². The molecule has 0 bridgehead atoms. The molecule has 0 unspecified atom stereocenters. The Hall–Kier alpha value is -0.0800. The zero-order valence-electron chi connectivity index (χ0n) is 12.9. The molecule has 1 rings (SSSR count). The van der Waals surface area contributed by atoms with Gasteiger partial charge in [0.15, 0.2) is 0 Å². The van der Waals surface area contributed by atoms with Crippen molar-refractivity contribution in [2.75, 3.05) is 26.2 Å². The molecule has 0 atom stereocenters. The lowest BCUT2D eigenvalue weighted by molar-refractivity contribution is 0.204. The Balaban J connectivity index is 1.95. The van der Waals surface area contributed by atoms with Crippen LogP contribution in [0.4, 0.5) is 0 Å². The SMILES string of the molecule is CCN(CCCCCNCC(C)C)C1CCCC1. The second-order valence-electron chi connectivity index (χ2n) is 6.23. The fraction of sp³-hybridized carbons (Fsp3) is 1.00. The van der Waals surface area contributed by atoms with Crippen LogP contribution >= 0.6 is 0 Å². The van der Waals surface area contributed by atoms with E-state index in [9.17, 15) is 0 Å². The van der Waals surface area contributed by atoms with Crippen LogP contribution in [0.2, 0.25) is 0 Å². The molecule has 1 aliphatic carbocycles. The maximum absolute atomic E-state index is 3.53. The maximum Gasteiger partial charge on any atom is 0.00951 e. The van der Waals surface area contributed by atoms with Gasteiger partial charge in [0.2, 0.25) is 0 Å². The molecule has 0 spiro atoms. The van der Waals surface area contributed by atoms with E-state index in [2.05, 4.69) is 31.0 Å². The van der Waals surface area contributed by atoms with Crippen LogP contribution in [0.1, 0.15) is 65.7 Å². The second-order valence-corrected chi connectivity index (χ2v) is 6.23. The van der Waals surface area contributed by atoms with E-state index in [1.165, 1.54) is 71.1 Å². The highest BCUT2D eigenvalue weighted by atomic mass is 15.1. The van der Waals surface area contributed by atoms with Crippen molar-refractivity contribution < 1.29 is 0 Å². The Kier molecular flexibility index (Phi) is 8.70. The van der Waals surface area contributed by atoms with Crippen LogP contribution < -0.4 is 5.32 Å². The van der Waals surface area contributed by atoms with E-state index in [-0.39, 0.29) is 0 Å². The Morgan fingerprint density at radius 3 is 2.44 bits per heavy atom. The van der Waals surface area contributed by atoms with Crippen LogP contribution in [-0.2, 0) is 0 Å². The average Bonchev–Trinajstić information content (AvgIpc) is 2.86. The average molecular weight is 254 g/mol. The highest BCUT2D eigenvalue weighted by molar-refractivity contribution is 4.76. The number of nitrogens with zero attached hydrogens (tertiary/aromatic N) is 1. The molecular weight excluding hydrogens is 220 g/mol. The zero-order chi connectivity index (χ0) is 13.2. The van der Waals surface area contributed by atoms with Crippen LogP contribution in [0.3, 0.4) is 0 Å². The van der Waals surface area contributed by atoms with E-state index in [4.69, 9.17) is 0 Å². The summed E-state index contributed by atoms with van der Waals surface area (Å²) in [5.74, 6) is 0.781. The van der Waals surface area contributed by atoms with Crippen molar-refractivity contribution in [2.45, 2.75) is 71.8 Å². The maximum atomic E-state index is 3.53. The van der Waals surface area contributed by atoms with E-state index in [0.29, 0.717) is 0 Å². The van der Waals surface area contributed by atoms with Gasteiger partial charge in [-0.05, 0) is 57.8 Å². The predicted octanol–water partition coefficient (Wildman–Crippen LogP) is 3.67. The molecule has 1 saturated carbocycles. The lowest BCUT2D eigenvalue weighted by atomic mass is 10.1. The molecule has 0 amide bonds.